The number of rotatable bonds is 2. The van der Waals surface area contributed by atoms with E-state index in [0.29, 0.717) is 16.6 Å². The first-order chi connectivity index (χ1) is 9.95. The molecule has 0 aliphatic carbocycles. The van der Waals surface area contributed by atoms with Crippen LogP contribution in [0.5, 0.6) is 0 Å². The zero-order chi connectivity index (χ0) is 15.0. The Labute approximate surface area is 128 Å². The summed E-state index contributed by atoms with van der Waals surface area (Å²) in [5, 5.41) is 8.40. The topological polar surface area (TPSA) is 54.3 Å². The highest BCUT2D eigenvalue weighted by molar-refractivity contribution is 6.31. The predicted octanol–water partition coefficient (Wildman–Crippen LogP) is 3.25. The van der Waals surface area contributed by atoms with Crippen LogP contribution in [0.3, 0.4) is 0 Å². The first-order valence-electron chi connectivity index (χ1n) is 7.16. The molecule has 2 aromatic rings. The van der Waals surface area contributed by atoms with E-state index in [9.17, 15) is 4.79 Å². The fourth-order valence-corrected chi connectivity index (χ4v) is 3.05. The van der Waals surface area contributed by atoms with Crippen molar-refractivity contribution in [2.75, 3.05) is 18.4 Å². The Bertz CT molecular complexity index is 724. The Hall–Kier alpha value is -1.52. The minimum Gasteiger partial charge on any atom is -0.423 e. The van der Waals surface area contributed by atoms with E-state index < -0.39 is 0 Å². The van der Waals surface area contributed by atoms with Crippen LogP contribution in [0.4, 0.5) is 5.69 Å². The van der Waals surface area contributed by atoms with Gasteiger partial charge >= 0.3 is 5.63 Å². The summed E-state index contributed by atoms with van der Waals surface area (Å²) in [5.41, 5.74) is 1.11. The van der Waals surface area contributed by atoms with Gasteiger partial charge in [0.2, 0.25) is 0 Å². The highest BCUT2D eigenvalue weighted by atomic mass is 35.5. The van der Waals surface area contributed by atoms with E-state index in [0.717, 1.165) is 30.6 Å². The number of benzene rings is 1. The highest BCUT2D eigenvalue weighted by Crippen LogP contribution is 2.31. The Balaban J connectivity index is 2.03. The average Bonchev–Trinajstić information content (AvgIpc) is 2.41. The zero-order valence-electron chi connectivity index (χ0n) is 12.2. The maximum absolute atomic E-state index is 11.7. The summed E-state index contributed by atoms with van der Waals surface area (Å²) < 4.78 is 5.23. The summed E-state index contributed by atoms with van der Waals surface area (Å²) >= 11 is 6.07. The van der Waals surface area contributed by atoms with Gasteiger partial charge in [-0.3, -0.25) is 0 Å². The van der Waals surface area contributed by atoms with Crippen LogP contribution in [0, 0.1) is 5.41 Å². The van der Waals surface area contributed by atoms with Gasteiger partial charge in [0, 0.05) is 29.1 Å². The fraction of sp³-hybridized carbons (Fsp3) is 0.438. The molecule has 4 nitrogen and oxygen atoms in total. The van der Waals surface area contributed by atoms with Gasteiger partial charge < -0.3 is 15.1 Å². The molecule has 21 heavy (non-hydrogen) atoms. The van der Waals surface area contributed by atoms with E-state index in [2.05, 4.69) is 24.5 Å². The summed E-state index contributed by atoms with van der Waals surface area (Å²) in [7, 11) is 0. The number of hydrogen-bond acceptors (Lipinski definition) is 4. The lowest BCUT2D eigenvalue weighted by atomic mass is 9.80. The third kappa shape index (κ3) is 2.92. The van der Waals surface area contributed by atoms with Gasteiger partial charge in [0.15, 0.2) is 0 Å². The van der Waals surface area contributed by atoms with Crippen molar-refractivity contribution < 1.29 is 4.42 Å². The first-order valence-corrected chi connectivity index (χ1v) is 7.54. The molecule has 1 aromatic carbocycles. The molecular formula is C16H19ClN2O2. The van der Waals surface area contributed by atoms with Crippen LogP contribution in [-0.2, 0) is 0 Å². The first kappa shape index (κ1) is 14.4. The number of piperidine rings is 1. The van der Waals surface area contributed by atoms with Crippen molar-refractivity contribution in [1.29, 1.82) is 0 Å². The van der Waals surface area contributed by atoms with Crippen LogP contribution in [0.15, 0.2) is 33.5 Å². The van der Waals surface area contributed by atoms with E-state index in [4.69, 9.17) is 16.0 Å². The van der Waals surface area contributed by atoms with E-state index >= 15 is 0 Å². The fourth-order valence-electron chi connectivity index (χ4n) is 2.88. The molecule has 112 valence electrons. The lowest BCUT2D eigenvalue weighted by molar-refractivity contribution is 0.236. The number of hydrogen-bond donors (Lipinski definition) is 2. The van der Waals surface area contributed by atoms with Gasteiger partial charge in [0.25, 0.3) is 0 Å². The maximum atomic E-state index is 11.7. The van der Waals surface area contributed by atoms with Crippen LogP contribution in [0.25, 0.3) is 11.0 Å². The van der Waals surface area contributed by atoms with E-state index in [1.54, 1.807) is 12.1 Å². The lowest BCUT2D eigenvalue weighted by Crippen LogP contribution is -2.49. The number of fused-ring (bicyclic) bond motifs is 1. The molecular weight excluding hydrogens is 288 g/mol. The molecule has 0 bridgehead atoms. The van der Waals surface area contributed by atoms with Crippen molar-refractivity contribution in [2.24, 2.45) is 5.41 Å². The highest BCUT2D eigenvalue weighted by Gasteiger charge is 2.32. The largest absolute Gasteiger partial charge is 0.423 e. The summed E-state index contributed by atoms with van der Waals surface area (Å²) in [6.07, 6.45) is 1.01. The second-order valence-electron chi connectivity index (χ2n) is 6.27. The predicted molar refractivity (Wildman–Crippen MR) is 86.2 cm³/mol. The van der Waals surface area contributed by atoms with E-state index in [-0.39, 0.29) is 11.0 Å². The van der Waals surface area contributed by atoms with Gasteiger partial charge in [-0.15, -0.1) is 0 Å². The number of halogens is 1. The molecule has 0 saturated carbocycles. The quantitative estimate of drug-likeness (QED) is 0.836. The molecule has 1 aliphatic rings. The van der Waals surface area contributed by atoms with Crippen LogP contribution >= 0.6 is 11.6 Å². The van der Waals surface area contributed by atoms with Crippen LogP contribution in [0.2, 0.25) is 5.02 Å². The molecule has 0 spiro atoms. The second kappa shape index (κ2) is 5.35. The average molecular weight is 307 g/mol. The third-order valence-electron chi connectivity index (χ3n) is 4.17. The molecule has 2 heterocycles. The summed E-state index contributed by atoms with van der Waals surface area (Å²) in [6.45, 7) is 6.36. The van der Waals surface area contributed by atoms with Crippen molar-refractivity contribution in [1.82, 2.24) is 5.32 Å². The molecule has 0 amide bonds. The van der Waals surface area contributed by atoms with Gasteiger partial charge in [-0.2, -0.15) is 0 Å². The SMILES string of the molecule is CC1(C)CNCCC1Nc1cc(=O)oc2ccc(Cl)cc12. The molecule has 1 unspecified atom stereocenters. The van der Waals surface area contributed by atoms with Gasteiger partial charge in [0.1, 0.15) is 5.58 Å². The Morgan fingerprint density at radius 2 is 2.19 bits per heavy atom. The zero-order valence-corrected chi connectivity index (χ0v) is 13.0. The maximum Gasteiger partial charge on any atom is 0.338 e. The van der Waals surface area contributed by atoms with Gasteiger partial charge in [-0.25, -0.2) is 4.79 Å². The standard InChI is InChI=1S/C16H19ClN2O2/c1-16(2)9-18-6-5-14(16)19-12-8-15(20)21-13-4-3-10(17)7-11(12)13/h3-4,7-8,14,18-19H,5-6,9H2,1-2H3. The molecule has 3 rings (SSSR count). The van der Waals surface area contributed by atoms with E-state index in [1.165, 1.54) is 6.07 Å². The van der Waals surface area contributed by atoms with Gasteiger partial charge in [0.05, 0.1) is 5.69 Å². The molecule has 1 saturated heterocycles. The van der Waals surface area contributed by atoms with E-state index in [1.807, 2.05) is 6.07 Å². The van der Waals surface area contributed by atoms with Crippen molar-refractivity contribution >= 4 is 28.3 Å². The minimum absolute atomic E-state index is 0.110. The van der Waals surface area contributed by atoms with Gasteiger partial charge in [-0.1, -0.05) is 25.4 Å². The summed E-state index contributed by atoms with van der Waals surface area (Å²) in [5.74, 6) is 0. The molecule has 1 atom stereocenters. The smallest absolute Gasteiger partial charge is 0.338 e. The third-order valence-corrected chi connectivity index (χ3v) is 4.40. The Morgan fingerprint density at radius 3 is 2.95 bits per heavy atom. The molecule has 2 N–H and O–H groups in total. The van der Waals surface area contributed by atoms with Gasteiger partial charge in [-0.05, 0) is 36.6 Å². The summed E-state index contributed by atoms with van der Waals surface area (Å²) in [4.78, 5) is 11.7. The molecule has 5 heteroatoms. The Morgan fingerprint density at radius 1 is 1.38 bits per heavy atom. The molecule has 1 aromatic heterocycles. The lowest BCUT2D eigenvalue weighted by Gasteiger charge is -2.40. The Kier molecular flexibility index (Phi) is 3.68. The van der Waals surface area contributed by atoms with Crippen molar-refractivity contribution in [3.63, 3.8) is 0 Å². The van der Waals surface area contributed by atoms with Crippen molar-refractivity contribution in [3.8, 4) is 0 Å². The molecule has 0 radical (unpaired) electrons. The monoisotopic (exact) mass is 306 g/mol. The summed E-state index contributed by atoms with van der Waals surface area (Å²) in [6, 6.07) is 7.10. The normalized spacial score (nSPS) is 21.4. The van der Waals surface area contributed by atoms with Crippen LogP contribution in [-0.4, -0.2) is 19.1 Å². The van der Waals surface area contributed by atoms with Crippen LogP contribution in [0.1, 0.15) is 20.3 Å². The van der Waals surface area contributed by atoms with Crippen molar-refractivity contribution in [3.05, 3.63) is 39.7 Å². The minimum atomic E-state index is -0.348. The number of anilines is 1. The van der Waals surface area contributed by atoms with Crippen molar-refractivity contribution in [2.45, 2.75) is 26.3 Å². The van der Waals surface area contributed by atoms with Crippen LogP contribution < -0.4 is 16.3 Å². The molecule has 1 aliphatic heterocycles. The molecule has 1 fully saturated rings. The number of nitrogens with one attached hydrogen (secondary N) is 2. The second-order valence-corrected chi connectivity index (χ2v) is 6.71.